The van der Waals surface area contributed by atoms with Crippen molar-refractivity contribution in [2.75, 3.05) is 13.2 Å². The molecule has 0 saturated carbocycles. The second-order valence-corrected chi connectivity index (χ2v) is 18.1. The van der Waals surface area contributed by atoms with Gasteiger partial charge in [0.15, 0.2) is 0 Å². The van der Waals surface area contributed by atoms with Crippen LogP contribution in [0.5, 0.6) is 23.0 Å². The highest BCUT2D eigenvalue weighted by molar-refractivity contribution is 6.10. The summed E-state index contributed by atoms with van der Waals surface area (Å²) in [4.78, 5) is 0. The highest BCUT2D eigenvalue weighted by Gasteiger charge is 2.23. The van der Waals surface area contributed by atoms with Gasteiger partial charge >= 0.3 is 0 Å². The van der Waals surface area contributed by atoms with Crippen LogP contribution in [-0.2, 0) is 6.42 Å². The van der Waals surface area contributed by atoms with Gasteiger partial charge in [-0.2, -0.15) is 0 Å². The average molecular weight is 919 g/mol. The van der Waals surface area contributed by atoms with Gasteiger partial charge in [0.05, 0.1) is 46.7 Å². The van der Waals surface area contributed by atoms with Crippen molar-refractivity contribution in [3.8, 4) is 56.6 Å². The Kier molecular flexibility index (Phi) is 13.1. The van der Waals surface area contributed by atoms with Gasteiger partial charge in [0.2, 0.25) is 0 Å². The third-order valence-corrected chi connectivity index (χ3v) is 13.4. The second-order valence-electron chi connectivity index (χ2n) is 18.1. The number of para-hydroxylation sites is 4. The first-order valence-electron chi connectivity index (χ1n) is 24.3. The van der Waals surface area contributed by atoms with Crippen molar-refractivity contribution in [3.63, 3.8) is 0 Å². The maximum atomic E-state index is 15.3. The Bertz CT molecular complexity index is 3370. The van der Waals surface area contributed by atoms with E-state index in [9.17, 15) is 10.2 Å². The molecule has 348 valence electrons. The lowest BCUT2D eigenvalue weighted by Gasteiger charge is -2.19. The van der Waals surface area contributed by atoms with E-state index in [2.05, 4.69) is 58.5 Å². The molecule has 8 heteroatoms. The molecule has 2 heterocycles. The Morgan fingerprint density at radius 1 is 0.435 bits per heavy atom. The SMILES string of the molecule is CCCCCCCCc1cc(-c2cc(F)ccc2OCCCCOc2ccc(F)cc2-c2cc(C)cc(-n3c4ccccc4c4ccccc43)c2O)c(O)c(-n2c3ccccc3c3ccccc32)c1. The maximum Gasteiger partial charge on any atom is 0.147 e. The molecule has 0 aliphatic carbocycles. The van der Waals surface area contributed by atoms with Crippen LogP contribution in [-0.4, -0.2) is 32.6 Å². The van der Waals surface area contributed by atoms with E-state index in [1.54, 1.807) is 12.1 Å². The first-order valence-corrected chi connectivity index (χ1v) is 24.3. The van der Waals surface area contributed by atoms with Gasteiger partial charge in [-0.15, -0.1) is 0 Å². The quantitative estimate of drug-likeness (QED) is 0.0842. The summed E-state index contributed by atoms with van der Waals surface area (Å²) < 4.78 is 47.3. The molecule has 10 rings (SSSR count). The van der Waals surface area contributed by atoms with E-state index in [4.69, 9.17) is 9.47 Å². The summed E-state index contributed by atoms with van der Waals surface area (Å²) in [5, 5.41) is 28.7. The Labute approximate surface area is 401 Å². The molecule has 0 spiro atoms. The molecule has 6 nitrogen and oxygen atoms in total. The fourth-order valence-corrected chi connectivity index (χ4v) is 10.1. The van der Waals surface area contributed by atoms with E-state index >= 15 is 8.78 Å². The van der Waals surface area contributed by atoms with E-state index in [0.29, 0.717) is 71.2 Å². The van der Waals surface area contributed by atoms with Gasteiger partial charge in [0.25, 0.3) is 0 Å². The molecule has 0 bridgehead atoms. The number of phenols is 2. The Balaban J connectivity index is 0.893. The van der Waals surface area contributed by atoms with Crippen LogP contribution < -0.4 is 9.47 Å². The van der Waals surface area contributed by atoms with Crippen molar-refractivity contribution in [2.45, 2.75) is 71.6 Å². The number of ether oxygens (including phenoxy) is 2. The molecule has 0 fully saturated rings. The standard InChI is InChI=1S/C61H56F2N2O4/c1-3-4-5-6-7-8-19-41-36-51(61(67)57(37-41)65-54-26-15-11-22-46(54)47-23-12-16-27-55(47)65)49-39-43(63)29-31-59(49)69-33-18-17-32-68-58-30-28-42(62)38-48(58)50-34-40(2)35-56(60(50)66)64-52-24-13-9-20-44(52)45-21-10-14-25-53(45)64/h9-16,20-31,34-39,66-67H,3-8,17-19,32-33H2,1-2H3. The minimum absolute atomic E-state index is 0.0206. The molecular formula is C61H56F2N2O4. The smallest absolute Gasteiger partial charge is 0.147 e. The van der Waals surface area contributed by atoms with Crippen molar-refractivity contribution in [2.24, 2.45) is 0 Å². The summed E-state index contributed by atoms with van der Waals surface area (Å²) >= 11 is 0. The van der Waals surface area contributed by atoms with Crippen molar-refractivity contribution in [3.05, 3.63) is 180 Å². The summed E-state index contributed by atoms with van der Waals surface area (Å²) in [5.41, 5.74) is 8.95. The fraction of sp³-hybridized carbons (Fsp3) is 0.213. The zero-order chi connectivity index (χ0) is 47.4. The molecule has 2 aromatic heterocycles. The van der Waals surface area contributed by atoms with Crippen molar-refractivity contribution in [1.29, 1.82) is 0 Å². The maximum absolute atomic E-state index is 15.3. The minimum Gasteiger partial charge on any atom is -0.505 e. The number of aryl methyl sites for hydroxylation is 2. The van der Waals surface area contributed by atoms with Crippen LogP contribution >= 0.6 is 0 Å². The van der Waals surface area contributed by atoms with E-state index in [0.717, 1.165) is 74.0 Å². The Hall–Kier alpha value is -7.58. The molecule has 0 aliphatic heterocycles. The number of rotatable bonds is 18. The van der Waals surface area contributed by atoms with Gasteiger partial charge in [-0.1, -0.05) is 112 Å². The van der Waals surface area contributed by atoms with Crippen molar-refractivity contribution < 1.29 is 28.5 Å². The largest absolute Gasteiger partial charge is 0.505 e. The Morgan fingerprint density at radius 3 is 1.33 bits per heavy atom. The molecule has 0 amide bonds. The summed E-state index contributed by atoms with van der Waals surface area (Å²) in [6.07, 6.45) is 8.95. The molecule has 0 radical (unpaired) electrons. The topological polar surface area (TPSA) is 68.8 Å². The predicted octanol–water partition coefficient (Wildman–Crippen LogP) is 16.4. The molecule has 0 aliphatic rings. The van der Waals surface area contributed by atoms with E-state index in [-0.39, 0.29) is 11.5 Å². The monoisotopic (exact) mass is 918 g/mol. The average Bonchev–Trinajstić information content (AvgIpc) is 3.88. The highest BCUT2D eigenvalue weighted by Crippen LogP contribution is 2.45. The first kappa shape index (κ1) is 45.2. The number of hydrogen-bond acceptors (Lipinski definition) is 4. The van der Waals surface area contributed by atoms with Crippen LogP contribution in [0.25, 0.3) is 77.2 Å². The van der Waals surface area contributed by atoms with Crippen LogP contribution in [0, 0.1) is 18.6 Å². The van der Waals surface area contributed by atoms with Crippen molar-refractivity contribution >= 4 is 43.6 Å². The molecule has 2 N–H and O–H groups in total. The fourth-order valence-electron chi connectivity index (χ4n) is 10.1. The van der Waals surface area contributed by atoms with Crippen LogP contribution in [0.15, 0.2) is 158 Å². The van der Waals surface area contributed by atoms with Gasteiger partial charge in [-0.25, -0.2) is 8.78 Å². The van der Waals surface area contributed by atoms with Gasteiger partial charge in [0.1, 0.15) is 34.6 Å². The summed E-state index contributed by atoms with van der Waals surface area (Å²) in [7, 11) is 0. The third kappa shape index (κ3) is 8.99. The van der Waals surface area contributed by atoms with Crippen LogP contribution in [0.3, 0.4) is 0 Å². The number of aromatic hydroxyl groups is 2. The third-order valence-electron chi connectivity index (χ3n) is 13.4. The number of benzene rings is 8. The van der Waals surface area contributed by atoms with Crippen LogP contribution in [0.4, 0.5) is 8.78 Å². The first-order chi connectivity index (χ1) is 33.8. The lowest BCUT2D eigenvalue weighted by atomic mass is 9.96. The van der Waals surface area contributed by atoms with Gasteiger partial charge < -0.3 is 28.8 Å². The van der Waals surface area contributed by atoms with E-state index < -0.39 is 11.6 Å². The molecule has 69 heavy (non-hydrogen) atoms. The van der Waals surface area contributed by atoms with Gasteiger partial charge in [-0.3, -0.25) is 0 Å². The van der Waals surface area contributed by atoms with Gasteiger partial charge in [0, 0.05) is 43.8 Å². The molecule has 0 atom stereocenters. The second kappa shape index (κ2) is 19.9. The molecule has 10 aromatic rings. The normalized spacial score (nSPS) is 11.7. The van der Waals surface area contributed by atoms with Crippen LogP contribution in [0.2, 0.25) is 0 Å². The number of fused-ring (bicyclic) bond motifs is 6. The van der Waals surface area contributed by atoms with E-state index in [1.807, 2.05) is 85.8 Å². The number of phenolic OH excluding ortho intramolecular Hbond substituents is 2. The highest BCUT2D eigenvalue weighted by atomic mass is 19.1. The van der Waals surface area contributed by atoms with E-state index in [1.165, 1.54) is 49.9 Å². The molecule has 0 unspecified atom stereocenters. The van der Waals surface area contributed by atoms with Crippen LogP contribution in [0.1, 0.15) is 69.4 Å². The Morgan fingerprint density at radius 2 is 0.855 bits per heavy atom. The summed E-state index contributed by atoms with van der Waals surface area (Å²) in [6.45, 7) is 4.79. The minimum atomic E-state index is -0.443. The van der Waals surface area contributed by atoms with Crippen molar-refractivity contribution in [1.82, 2.24) is 9.13 Å². The number of halogens is 2. The predicted molar refractivity (Wildman–Crippen MR) is 278 cm³/mol. The lowest BCUT2D eigenvalue weighted by molar-refractivity contribution is 0.267. The zero-order valence-electron chi connectivity index (χ0n) is 39.2. The lowest BCUT2D eigenvalue weighted by Crippen LogP contribution is -2.05. The number of unbranched alkanes of at least 4 members (excludes halogenated alkanes) is 6. The number of hydrogen-bond donors (Lipinski definition) is 2. The molecular weight excluding hydrogens is 863 g/mol. The number of aromatic nitrogens is 2. The summed E-state index contributed by atoms with van der Waals surface area (Å²) in [5.74, 6) is 0.110. The molecule has 0 saturated heterocycles. The van der Waals surface area contributed by atoms with Gasteiger partial charge in [-0.05, 0) is 129 Å². The molecule has 8 aromatic carbocycles. The number of nitrogens with zero attached hydrogens (tertiary/aromatic N) is 2. The summed E-state index contributed by atoms with van der Waals surface area (Å²) in [6, 6.07) is 49.4. The zero-order valence-corrected chi connectivity index (χ0v) is 39.2.